The molecule has 4 heteroatoms. The molecular weight excluding hydrogens is 244 g/mol. The molecule has 0 bridgehead atoms. The molecule has 106 valence electrons. The number of rotatable bonds is 8. The number of nitrogens with zero attached hydrogens (tertiary/aromatic N) is 1. The summed E-state index contributed by atoms with van der Waals surface area (Å²) in [4.78, 5) is 3.04. The minimum absolute atomic E-state index is 0.107. The molecule has 0 spiro atoms. The van der Waals surface area contributed by atoms with Crippen LogP contribution in [0, 0.1) is 5.92 Å². The summed E-state index contributed by atoms with van der Waals surface area (Å²) in [6.45, 7) is 9.36. The monoisotopic (exact) mass is 272 g/mol. The summed E-state index contributed by atoms with van der Waals surface area (Å²) >= 11 is 4.91. The SMILES string of the molecule is CC(C)CN(CCOC(C)C(N)=S)C1CCCC1. The van der Waals surface area contributed by atoms with Crippen LogP contribution in [0.15, 0.2) is 0 Å². The van der Waals surface area contributed by atoms with Gasteiger partial charge in [0.15, 0.2) is 0 Å². The number of ether oxygens (including phenoxy) is 1. The predicted molar refractivity (Wildman–Crippen MR) is 80.9 cm³/mol. The number of thiocarbonyl (C=S) groups is 1. The molecule has 18 heavy (non-hydrogen) atoms. The van der Waals surface area contributed by atoms with Gasteiger partial charge in [-0.3, -0.25) is 4.90 Å². The van der Waals surface area contributed by atoms with Crippen LogP contribution >= 0.6 is 12.2 Å². The third kappa shape index (κ3) is 5.63. The van der Waals surface area contributed by atoms with E-state index in [2.05, 4.69) is 18.7 Å². The third-order valence-corrected chi connectivity index (χ3v) is 3.92. The van der Waals surface area contributed by atoms with Gasteiger partial charge in [-0.2, -0.15) is 0 Å². The van der Waals surface area contributed by atoms with E-state index in [1.54, 1.807) is 0 Å². The first-order valence-corrected chi connectivity index (χ1v) is 7.56. The summed E-state index contributed by atoms with van der Waals surface area (Å²) in [6.07, 6.45) is 5.34. The maximum atomic E-state index is 5.67. The fraction of sp³-hybridized carbons (Fsp3) is 0.929. The van der Waals surface area contributed by atoms with E-state index in [0.717, 1.165) is 25.7 Å². The highest BCUT2D eigenvalue weighted by Gasteiger charge is 2.22. The van der Waals surface area contributed by atoms with Crippen molar-refractivity contribution in [2.24, 2.45) is 11.7 Å². The molecule has 0 aromatic carbocycles. The summed E-state index contributed by atoms with van der Waals surface area (Å²) in [5.74, 6) is 0.707. The van der Waals surface area contributed by atoms with Crippen LogP contribution in [0.5, 0.6) is 0 Å². The molecule has 0 radical (unpaired) electrons. The second-order valence-electron chi connectivity index (χ2n) is 5.74. The van der Waals surface area contributed by atoms with Gasteiger partial charge in [0, 0.05) is 19.1 Å². The van der Waals surface area contributed by atoms with Crippen molar-refractivity contribution in [3.63, 3.8) is 0 Å². The van der Waals surface area contributed by atoms with Gasteiger partial charge < -0.3 is 10.5 Å². The highest BCUT2D eigenvalue weighted by atomic mass is 32.1. The Labute approximate surface area is 117 Å². The Morgan fingerprint density at radius 1 is 1.33 bits per heavy atom. The summed E-state index contributed by atoms with van der Waals surface area (Å²) in [5.41, 5.74) is 5.55. The minimum Gasteiger partial charge on any atom is -0.391 e. The summed E-state index contributed by atoms with van der Waals surface area (Å²) in [5, 5.41) is 0. The molecule has 0 aromatic heterocycles. The molecule has 3 nitrogen and oxygen atoms in total. The molecular formula is C14H28N2OS. The molecule has 1 atom stereocenters. The van der Waals surface area contributed by atoms with Crippen LogP contribution < -0.4 is 5.73 Å². The Balaban J connectivity index is 2.33. The van der Waals surface area contributed by atoms with Crippen LogP contribution in [0.4, 0.5) is 0 Å². The van der Waals surface area contributed by atoms with Crippen molar-refractivity contribution in [1.82, 2.24) is 4.90 Å². The average Bonchev–Trinajstić information content (AvgIpc) is 2.80. The van der Waals surface area contributed by atoms with Crippen LogP contribution in [-0.2, 0) is 4.74 Å². The molecule has 2 N–H and O–H groups in total. The molecule has 1 fully saturated rings. The standard InChI is InChI=1S/C14H28N2OS/c1-11(2)10-16(13-6-4-5-7-13)8-9-17-12(3)14(15)18/h11-13H,4-10H2,1-3H3,(H2,15,18). The van der Waals surface area contributed by atoms with E-state index in [-0.39, 0.29) is 6.10 Å². The first-order chi connectivity index (χ1) is 8.50. The Bertz CT molecular complexity index is 252. The van der Waals surface area contributed by atoms with E-state index >= 15 is 0 Å². The van der Waals surface area contributed by atoms with Gasteiger partial charge in [0.25, 0.3) is 0 Å². The number of hydrogen-bond donors (Lipinski definition) is 1. The van der Waals surface area contributed by atoms with Gasteiger partial charge in [0.2, 0.25) is 0 Å². The van der Waals surface area contributed by atoms with Crippen LogP contribution in [-0.4, -0.2) is 41.7 Å². The van der Waals surface area contributed by atoms with E-state index < -0.39 is 0 Å². The molecule has 0 amide bonds. The summed E-state index contributed by atoms with van der Waals surface area (Å²) in [7, 11) is 0. The van der Waals surface area contributed by atoms with Gasteiger partial charge in [-0.25, -0.2) is 0 Å². The molecule has 1 unspecified atom stereocenters. The average molecular weight is 272 g/mol. The highest BCUT2D eigenvalue weighted by Crippen LogP contribution is 2.24. The first kappa shape index (κ1) is 15.9. The fourth-order valence-electron chi connectivity index (χ4n) is 2.59. The van der Waals surface area contributed by atoms with Crippen molar-refractivity contribution in [1.29, 1.82) is 0 Å². The molecule has 0 heterocycles. The van der Waals surface area contributed by atoms with Crippen molar-refractivity contribution >= 4 is 17.2 Å². The molecule has 0 aliphatic heterocycles. The van der Waals surface area contributed by atoms with E-state index in [0.29, 0.717) is 10.9 Å². The van der Waals surface area contributed by atoms with Gasteiger partial charge in [0.05, 0.1) is 6.61 Å². The van der Waals surface area contributed by atoms with Gasteiger partial charge in [-0.05, 0) is 25.7 Å². The van der Waals surface area contributed by atoms with Crippen LogP contribution in [0.1, 0.15) is 46.5 Å². The third-order valence-electron chi connectivity index (χ3n) is 3.59. The highest BCUT2D eigenvalue weighted by molar-refractivity contribution is 7.80. The Kier molecular flexibility index (Phi) is 7.12. The van der Waals surface area contributed by atoms with E-state index in [1.807, 2.05) is 6.92 Å². The first-order valence-electron chi connectivity index (χ1n) is 7.15. The van der Waals surface area contributed by atoms with Crippen molar-refractivity contribution in [2.45, 2.75) is 58.6 Å². The van der Waals surface area contributed by atoms with Gasteiger partial charge >= 0.3 is 0 Å². The van der Waals surface area contributed by atoms with E-state index in [1.165, 1.54) is 25.7 Å². The van der Waals surface area contributed by atoms with Crippen molar-refractivity contribution in [3.05, 3.63) is 0 Å². The quantitative estimate of drug-likeness (QED) is 0.689. The van der Waals surface area contributed by atoms with Crippen LogP contribution in [0.3, 0.4) is 0 Å². The maximum Gasteiger partial charge on any atom is 0.104 e. The van der Waals surface area contributed by atoms with Crippen molar-refractivity contribution in [3.8, 4) is 0 Å². The van der Waals surface area contributed by atoms with Crippen LogP contribution in [0.2, 0.25) is 0 Å². The van der Waals surface area contributed by atoms with Gasteiger partial charge in [0.1, 0.15) is 11.1 Å². The van der Waals surface area contributed by atoms with Gasteiger partial charge in [-0.15, -0.1) is 0 Å². The second-order valence-corrected chi connectivity index (χ2v) is 6.21. The lowest BCUT2D eigenvalue weighted by Gasteiger charge is -2.30. The molecule has 1 aliphatic rings. The summed E-state index contributed by atoms with van der Waals surface area (Å²) in [6, 6.07) is 0.760. The zero-order chi connectivity index (χ0) is 13.5. The Morgan fingerprint density at radius 2 is 1.94 bits per heavy atom. The van der Waals surface area contributed by atoms with E-state index in [9.17, 15) is 0 Å². The summed E-state index contributed by atoms with van der Waals surface area (Å²) < 4.78 is 5.67. The number of hydrogen-bond acceptors (Lipinski definition) is 3. The fourth-order valence-corrected chi connectivity index (χ4v) is 2.66. The molecule has 0 aromatic rings. The zero-order valence-corrected chi connectivity index (χ0v) is 12.8. The van der Waals surface area contributed by atoms with E-state index in [4.69, 9.17) is 22.7 Å². The van der Waals surface area contributed by atoms with Crippen molar-refractivity contribution < 1.29 is 4.74 Å². The molecule has 1 aliphatic carbocycles. The molecule has 0 saturated heterocycles. The lowest BCUT2D eigenvalue weighted by molar-refractivity contribution is 0.0668. The Hall–Kier alpha value is -0.190. The lowest BCUT2D eigenvalue weighted by Crippen LogP contribution is -2.39. The normalized spacial score (nSPS) is 18.7. The minimum atomic E-state index is -0.107. The van der Waals surface area contributed by atoms with Crippen LogP contribution in [0.25, 0.3) is 0 Å². The lowest BCUT2D eigenvalue weighted by atomic mass is 10.1. The van der Waals surface area contributed by atoms with Gasteiger partial charge in [-0.1, -0.05) is 38.9 Å². The molecule has 1 rings (SSSR count). The molecule has 1 saturated carbocycles. The topological polar surface area (TPSA) is 38.5 Å². The smallest absolute Gasteiger partial charge is 0.104 e. The largest absolute Gasteiger partial charge is 0.391 e. The predicted octanol–water partition coefficient (Wildman–Crippen LogP) is 2.58. The van der Waals surface area contributed by atoms with Crippen molar-refractivity contribution in [2.75, 3.05) is 19.7 Å². The number of nitrogens with two attached hydrogens (primary N) is 1. The zero-order valence-electron chi connectivity index (χ0n) is 12.0. The maximum absolute atomic E-state index is 5.67. The Morgan fingerprint density at radius 3 is 2.44 bits per heavy atom. The second kappa shape index (κ2) is 8.08.